The molecule has 3 heteroatoms. The third kappa shape index (κ3) is 3.34. The van der Waals surface area contributed by atoms with E-state index in [1.807, 2.05) is 11.7 Å². The molecule has 1 atom stereocenters. The molecule has 0 spiro atoms. The van der Waals surface area contributed by atoms with Crippen LogP contribution < -0.4 is 5.32 Å². The van der Waals surface area contributed by atoms with E-state index in [1.165, 1.54) is 12.0 Å². The van der Waals surface area contributed by atoms with Crippen molar-refractivity contribution >= 4 is 0 Å². The molecular weight excluding hydrogens is 198 g/mol. The number of nitrogens with one attached hydrogen (secondary N) is 1. The molecule has 0 bridgehead atoms. The third-order valence-corrected chi connectivity index (χ3v) is 3.36. The van der Waals surface area contributed by atoms with Gasteiger partial charge in [-0.05, 0) is 25.7 Å². The number of hydrogen-bond donors (Lipinski definition) is 1. The molecule has 0 aromatic carbocycles. The van der Waals surface area contributed by atoms with Gasteiger partial charge in [0, 0.05) is 31.4 Å². The molecule has 3 nitrogen and oxygen atoms in total. The Morgan fingerprint density at radius 1 is 1.50 bits per heavy atom. The largest absolute Gasteiger partial charge is 0.310 e. The molecule has 0 saturated carbocycles. The number of hydrogen-bond acceptors (Lipinski definition) is 2. The molecule has 1 unspecified atom stereocenters. The average molecular weight is 223 g/mol. The molecule has 0 amide bonds. The fraction of sp³-hybridized carbons (Fsp3) is 0.769. The Kier molecular flexibility index (Phi) is 4.14. The first-order valence-corrected chi connectivity index (χ1v) is 6.09. The molecule has 16 heavy (non-hydrogen) atoms. The molecule has 1 N–H and O–H groups in total. The third-order valence-electron chi connectivity index (χ3n) is 3.36. The maximum absolute atomic E-state index is 4.37. The van der Waals surface area contributed by atoms with Gasteiger partial charge >= 0.3 is 0 Å². The van der Waals surface area contributed by atoms with Crippen LogP contribution in [0.25, 0.3) is 0 Å². The second kappa shape index (κ2) is 5.00. The molecule has 0 fully saturated rings. The van der Waals surface area contributed by atoms with Crippen molar-refractivity contribution in [2.75, 3.05) is 6.54 Å². The maximum Gasteiger partial charge on any atom is 0.0641 e. The van der Waals surface area contributed by atoms with Gasteiger partial charge in [-0.25, -0.2) is 0 Å². The van der Waals surface area contributed by atoms with Crippen LogP contribution in [0.5, 0.6) is 0 Å². The minimum atomic E-state index is 0.365. The lowest BCUT2D eigenvalue weighted by atomic mass is 9.90. The zero-order valence-electron chi connectivity index (χ0n) is 11.5. The first kappa shape index (κ1) is 13.2. The van der Waals surface area contributed by atoms with Crippen molar-refractivity contribution in [2.24, 2.45) is 12.5 Å². The summed E-state index contributed by atoms with van der Waals surface area (Å²) >= 11 is 0. The smallest absolute Gasteiger partial charge is 0.0641 e. The lowest BCUT2D eigenvalue weighted by molar-refractivity contribution is 0.313. The van der Waals surface area contributed by atoms with Gasteiger partial charge < -0.3 is 5.32 Å². The molecule has 1 heterocycles. The highest BCUT2D eigenvalue weighted by molar-refractivity contribution is 5.19. The van der Waals surface area contributed by atoms with Crippen LogP contribution >= 0.6 is 0 Å². The monoisotopic (exact) mass is 223 g/mol. The SMILES string of the molecule is CCC(C)(C)CNC(C)c1cn(C)nc1C. The van der Waals surface area contributed by atoms with Crippen molar-refractivity contribution in [3.8, 4) is 0 Å². The molecule has 0 radical (unpaired) electrons. The first-order chi connectivity index (χ1) is 7.35. The summed E-state index contributed by atoms with van der Waals surface area (Å²) in [7, 11) is 1.97. The Morgan fingerprint density at radius 2 is 2.12 bits per heavy atom. The van der Waals surface area contributed by atoms with Gasteiger partial charge in [-0.2, -0.15) is 5.10 Å². The van der Waals surface area contributed by atoms with Gasteiger partial charge in [-0.1, -0.05) is 20.8 Å². The van der Waals surface area contributed by atoms with E-state index in [2.05, 4.69) is 51.2 Å². The number of nitrogens with zero attached hydrogens (tertiary/aromatic N) is 2. The van der Waals surface area contributed by atoms with E-state index in [0.29, 0.717) is 11.5 Å². The molecule has 0 aliphatic carbocycles. The van der Waals surface area contributed by atoms with Crippen LogP contribution in [-0.2, 0) is 7.05 Å². The molecule has 1 aromatic rings. The second-order valence-electron chi connectivity index (χ2n) is 5.46. The van der Waals surface area contributed by atoms with Crippen LogP contribution in [0.1, 0.15) is 51.4 Å². The van der Waals surface area contributed by atoms with Crippen LogP contribution in [0.4, 0.5) is 0 Å². The van der Waals surface area contributed by atoms with Crippen LogP contribution in [0.15, 0.2) is 6.20 Å². The summed E-state index contributed by atoms with van der Waals surface area (Å²) in [6.07, 6.45) is 3.30. The number of rotatable bonds is 5. The Hall–Kier alpha value is -0.830. The van der Waals surface area contributed by atoms with Crippen molar-refractivity contribution in [3.63, 3.8) is 0 Å². The van der Waals surface area contributed by atoms with Crippen LogP contribution in [0.2, 0.25) is 0 Å². The summed E-state index contributed by atoms with van der Waals surface area (Å²) in [5.74, 6) is 0. The topological polar surface area (TPSA) is 29.9 Å². The Morgan fingerprint density at radius 3 is 2.56 bits per heavy atom. The van der Waals surface area contributed by atoms with Crippen LogP contribution in [-0.4, -0.2) is 16.3 Å². The lowest BCUT2D eigenvalue weighted by Gasteiger charge is -2.25. The molecule has 92 valence electrons. The van der Waals surface area contributed by atoms with Gasteiger partial charge in [0.05, 0.1) is 5.69 Å². The quantitative estimate of drug-likeness (QED) is 0.832. The summed E-state index contributed by atoms with van der Waals surface area (Å²) in [4.78, 5) is 0. The predicted molar refractivity (Wildman–Crippen MR) is 68.4 cm³/mol. The van der Waals surface area contributed by atoms with Crippen molar-refractivity contribution in [2.45, 2.75) is 47.1 Å². The fourth-order valence-electron chi connectivity index (χ4n) is 1.71. The standard InChI is InChI=1S/C13H25N3/c1-7-13(4,5)9-14-10(2)12-8-16(6)15-11(12)3/h8,10,14H,7,9H2,1-6H3. The Labute approximate surface area is 99.2 Å². The average Bonchev–Trinajstić information content (AvgIpc) is 2.54. The normalized spacial score (nSPS) is 14.1. The van der Waals surface area contributed by atoms with Gasteiger partial charge in [0.15, 0.2) is 0 Å². The molecule has 0 aliphatic heterocycles. The molecule has 1 rings (SSSR count). The predicted octanol–water partition coefficient (Wildman–Crippen LogP) is 2.82. The molecule has 0 aliphatic rings. The van der Waals surface area contributed by atoms with Gasteiger partial charge in [0.2, 0.25) is 0 Å². The highest BCUT2D eigenvalue weighted by Gasteiger charge is 2.18. The lowest BCUT2D eigenvalue weighted by Crippen LogP contribution is -2.30. The minimum absolute atomic E-state index is 0.365. The van der Waals surface area contributed by atoms with E-state index < -0.39 is 0 Å². The van der Waals surface area contributed by atoms with Gasteiger partial charge in [0.25, 0.3) is 0 Å². The van der Waals surface area contributed by atoms with Crippen LogP contribution in [0, 0.1) is 12.3 Å². The molecular formula is C13H25N3. The first-order valence-electron chi connectivity index (χ1n) is 6.09. The van der Waals surface area contributed by atoms with Crippen LogP contribution in [0.3, 0.4) is 0 Å². The summed E-state index contributed by atoms with van der Waals surface area (Å²) in [6.45, 7) is 12.1. The summed E-state index contributed by atoms with van der Waals surface area (Å²) in [6, 6.07) is 0.375. The highest BCUT2D eigenvalue weighted by atomic mass is 15.3. The number of aryl methyl sites for hydroxylation is 2. The Balaban J connectivity index is 2.59. The van der Waals surface area contributed by atoms with Crippen molar-refractivity contribution in [3.05, 3.63) is 17.5 Å². The summed E-state index contributed by atoms with van der Waals surface area (Å²) in [5, 5.41) is 7.96. The van der Waals surface area contributed by atoms with Crippen molar-refractivity contribution in [1.29, 1.82) is 0 Å². The van der Waals surface area contributed by atoms with Crippen molar-refractivity contribution in [1.82, 2.24) is 15.1 Å². The number of aromatic nitrogens is 2. The van der Waals surface area contributed by atoms with Gasteiger partial charge in [0.1, 0.15) is 0 Å². The van der Waals surface area contributed by atoms with E-state index >= 15 is 0 Å². The van der Waals surface area contributed by atoms with Crippen molar-refractivity contribution < 1.29 is 0 Å². The van der Waals surface area contributed by atoms with E-state index in [1.54, 1.807) is 0 Å². The maximum atomic E-state index is 4.37. The van der Waals surface area contributed by atoms with Gasteiger partial charge in [-0.3, -0.25) is 4.68 Å². The van der Waals surface area contributed by atoms with E-state index in [0.717, 1.165) is 12.2 Å². The van der Waals surface area contributed by atoms with E-state index in [4.69, 9.17) is 0 Å². The zero-order chi connectivity index (χ0) is 12.3. The summed E-state index contributed by atoms with van der Waals surface area (Å²) < 4.78 is 1.88. The Bertz CT molecular complexity index is 339. The second-order valence-corrected chi connectivity index (χ2v) is 5.46. The molecule has 0 saturated heterocycles. The zero-order valence-corrected chi connectivity index (χ0v) is 11.5. The van der Waals surface area contributed by atoms with E-state index in [9.17, 15) is 0 Å². The van der Waals surface area contributed by atoms with E-state index in [-0.39, 0.29) is 0 Å². The highest BCUT2D eigenvalue weighted by Crippen LogP contribution is 2.21. The fourth-order valence-corrected chi connectivity index (χ4v) is 1.71. The minimum Gasteiger partial charge on any atom is -0.310 e. The molecule has 1 aromatic heterocycles. The van der Waals surface area contributed by atoms with Gasteiger partial charge in [-0.15, -0.1) is 0 Å². The summed E-state index contributed by atoms with van der Waals surface area (Å²) in [5.41, 5.74) is 2.79.